The summed E-state index contributed by atoms with van der Waals surface area (Å²) in [5.74, 6) is 1.46. The first-order valence-corrected chi connectivity index (χ1v) is 18.9. The fourth-order valence-corrected chi connectivity index (χ4v) is 5.53. The largest absolute Gasteiger partial charge is 0.338 e. The number of rotatable bonds is 9. The molecular formula is C40H48Cl3N7O2. The van der Waals surface area contributed by atoms with E-state index >= 15 is 0 Å². The molecule has 1 N–H and O–H groups in total. The second-order valence-corrected chi connectivity index (χ2v) is 12.5. The molecule has 12 heteroatoms. The third-order valence-corrected chi connectivity index (χ3v) is 9.09. The molecule has 0 bridgehead atoms. The Labute approximate surface area is 323 Å². The van der Waals surface area contributed by atoms with Crippen LogP contribution in [0.3, 0.4) is 0 Å². The molecule has 0 unspecified atom stereocenters. The van der Waals surface area contributed by atoms with Gasteiger partial charge in [0.1, 0.15) is 5.88 Å². The van der Waals surface area contributed by atoms with Gasteiger partial charge < -0.3 is 15.1 Å². The highest BCUT2D eigenvalue weighted by Crippen LogP contribution is 2.25. The molecular weight excluding hydrogens is 717 g/mol. The fraction of sp³-hybridized carbons (Fsp3) is 0.350. The summed E-state index contributed by atoms with van der Waals surface area (Å²) in [5.41, 5.74) is 7.23. The van der Waals surface area contributed by atoms with Crippen LogP contribution in [0.1, 0.15) is 44.7 Å². The van der Waals surface area contributed by atoms with Gasteiger partial charge in [-0.1, -0.05) is 81.5 Å². The molecule has 6 rings (SSSR count). The lowest BCUT2D eigenvalue weighted by atomic mass is 9.98. The third kappa shape index (κ3) is 14.6. The van der Waals surface area contributed by atoms with E-state index in [4.69, 9.17) is 34.8 Å². The second kappa shape index (κ2) is 24.3. The summed E-state index contributed by atoms with van der Waals surface area (Å²) < 4.78 is 0. The van der Waals surface area contributed by atoms with Gasteiger partial charge in [0, 0.05) is 55.5 Å². The molecule has 4 heterocycles. The van der Waals surface area contributed by atoms with Crippen LogP contribution in [0.15, 0.2) is 97.6 Å². The zero-order chi connectivity index (χ0) is 37.6. The average Bonchev–Trinajstić information content (AvgIpc) is 3.23. The van der Waals surface area contributed by atoms with Gasteiger partial charge in [-0.3, -0.25) is 9.59 Å². The molecule has 0 saturated heterocycles. The van der Waals surface area contributed by atoms with Crippen LogP contribution < -0.4 is 5.32 Å². The van der Waals surface area contributed by atoms with Crippen LogP contribution in [0, 0.1) is 0 Å². The Bertz CT molecular complexity index is 1680. The molecule has 52 heavy (non-hydrogen) atoms. The first kappa shape index (κ1) is 42.4. The molecule has 0 atom stereocenters. The van der Waals surface area contributed by atoms with Gasteiger partial charge in [0.05, 0.1) is 5.88 Å². The monoisotopic (exact) mass is 763 g/mol. The number of benzene rings is 2. The van der Waals surface area contributed by atoms with Crippen LogP contribution >= 0.6 is 34.8 Å². The Morgan fingerprint density at radius 1 is 0.692 bits per heavy atom. The van der Waals surface area contributed by atoms with Crippen LogP contribution in [-0.2, 0) is 9.59 Å². The first-order chi connectivity index (χ1) is 25.3. The van der Waals surface area contributed by atoms with E-state index < -0.39 is 5.24 Å². The predicted octanol–water partition coefficient (Wildman–Crippen LogP) is 7.86. The lowest BCUT2D eigenvalue weighted by Crippen LogP contribution is -2.35. The Hall–Kier alpha value is -3.99. The van der Waals surface area contributed by atoms with Crippen LogP contribution in [-0.4, -0.2) is 98.5 Å². The van der Waals surface area contributed by atoms with Gasteiger partial charge >= 0.3 is 0 Å². The van der Waals surface area contributed by atoms with Gasteiger partial charge in [0.15, 0.2) is 11.6 Å². The molecule has 9 nitrogen and oxygen atoms in total. The second-order valence-electron chi connectivity index (χ2n) is 11.5. The van der Waals surface area contributed by atoms with E-state index in [-0.39, 0.29) is 17.7 Å². The minimum atomic E-state index is -0.508. The summed E-state index contributed by atoms with van der Waals surface area (Å²) in [6.45, 7) is 13.5. The van der Waals surface area contributed by atoms with E-state index in [2.05, 4.69) is 99.5 Å². The average molecular weight is 765 g/mol. The maximum Gasteiger partial charge on any atom is 0.237 e. The molecule has 0 fully saturated rings. The minimum absolute atomic E-state index is 0.00598. The van der Waals surface area contributed by atoms with E-state index in [1.54, 1.807) is 35.8 Å². The van der Waals surface area contributed by atoms with E-state index in [0.717, 1.165) is 55.3 Å². The Morgan fingerprint density at radius 2 is 1.13 bits per heavy atom. The van der Waals surface area contributed by atoms with E-state index in [1.165, 1.54) is 41.9 Å². The molecule has 1 amide bonds. The van der Waals surface area contributed by atoms with Gasteiger partial charge in [-0.15, -0.1) is 23.2 Å². The fourth-order valence-electron chi connectivity index (χ4n) is 5.36. The van der Waals surface area contributed by atoms with Crippen molar-refractivity contribution in [3.8, 4) is 22.8 Å². The van der Waals surface area contributed by atoms with Gasteiger partial charge in [-0.2, -0.15) is 0 Å². The normalized spacial score (nSPS) is 13.6. The SMILES string of the molecule is C1=C(c2ccc(-c3ncccn3)cc2)CCNC1.CCN(CC)CC.O=C(CCl)N1CC=C(c2ccc(-c3ncccn3)cc2)CC1.O=C(Cl)CCl. The van der Waals surface area contributed by atoms with Gasteiger partial charge in [-0.05, 0) is 85.0 Å². The van der Waals surface area contributed by atoms with Crippen molar-refractivity contribution in [2.24, 2.45) is 0 Å². The highest BCUT2D eigenvalue weighted by atomic mass is 35.5. The standard InChI is InChI=1S/C17H16ClN3O.C15H15N3.C6H15N.C2H2Cl2O/c18-12-16(22)21-10-6-14(7-11-21)13-2-4-15(5-3-13)17-19-8-1-9-20-17;1-8-17-15(18-9-1)14-4-2-12(3-5-14)13-6-10-16-11-7-13;1-4-7(5-2)6-3;3-1-2(4)5/h1-6,8-9H,7,10-12H2;1-6,8-9,16H,7,10-11H2;4-6H2,1-3H3;1H2. The molecule has 2 aliphatic heterocycles. The summed E-state index contributed by atoms with van der Waals surface area (Å²) in [6.07, 6.45) is 13.3. The maximum atomic E-state index is 11.6. The molecule has 276 valence electrons. The van der Waals surface area contributed by atoms with Crippen LogP contribution in [0.2, 0.25) is 0 Å². The summed E-state index contributed by atoms with van der Waals surface area (Å²) in [6, 6.07) is 20.3. The van der Waals surface area contributed by atoms with Crippen molar-refractivity contribution in [3.05, 3.63) is 109 Å². The Morgan fingerprint density at radius 3 is 1.46 bits per heavy atom. The Kier molecular flexibility index (Phi) is 19.8. The quantitative estimate of drug-likeness (QED) is 0.136. The van der Waals surface area contributed by atoms with E-state index in [1.807, 2.05) is 18.2 Å². The van der Waals surface area contributed by atoms with Crippen molar-refractivity contribution in [2.75, 3.05) is 57.6 Å². The maximum absolute atomic E-state index is 11.6. The Balaban J connectivity index is 0.000000217. The molecule has 0 saturated carbocycles. The number of carbonyl (C=O) groups excluding carboxylic acids is 2. The molecule has 0 aliphatic carbocycles. The zero-order valence-electron chi connectivity index (χ0n) is 30.1. The molecule has 0 spiro atoms. The number of nitrogens with one attached hydrogen (secondary N) is 1. The van der Waals surface area contributed by atoms with Crippen LogP contribution in [0.5, 0.6) is 0 Å². The topological polar surface area (TPSA) is 104 Å². The van der Waals surface area contributed by atoms with Crippen molar-refractivity contribution in [1.82, 2.24) is 35.1 Å². The number of amides is 1. The number of nitrogens with zero attached hydrogens (tertiary/aromatic N) is 6. The summed E-state index contributed by atoms with van der Waals surface area (Å²) in [7, 11) is 0. The van der Waals surface area contributed by atoms with Crippen molar-refractivity contribution >= 4 is 57.1 Å². The number of hydrogen-bond donors (Lipinski definition) is 1. The zero-order valence-corrected chi connectivity index (χ0v) is 32.4. The van der Waals surface area contributed by atoms with Gasteiger partial charge in [0.25, 0.3) is 0 Å². The van der Waals surface area contributed by atoms with Gasteiger partial charge in [-0.25, -0.2) is 19.9 Å². The van der Waals surface area contributed by atoms with E-state index in [9.17, 15) is 9.59 Å². The molecule has 2 aromatic heterocycles. The number of hydrogen-bond acceptors (Lipinski definition) is 8. The molecule has 2 aliphatic rings. The number of carbonyl (C=O) groups is 2. The number of halogens is 3. The van der Waals surface area contributed by atoms with Crippen molar-refractivity contribution < 1.29 is 9.59 Å². The number of alkyl halides is 2. The van der Waals surface area contributed by atoms with Crippen molar-refractivity contribution in [1.29, 1.82) is 0 Å². The van der Waals surface area contributed by atoms with E-state index in [0.29, 0.717) is 6.54 Å². The summed E-state index contributed by atoms with van der Waals surface area (Å²) >= 11 is 15.1. The third-order valence-electron chi connectivity index (χ3n) is 8.35. The summed E-state index contributed by atoms with van der Waals surface area (Å²) in [4.78, 5) is 42.2. The smallest absolute Gasteiger partial charge is 0.237 e. The number of aromatic nitrogens is 4. The lowest BCUT2D eigenvalue weighted by Gasteiger charge is -2.26. The lowest BCUT2D eigenvalue weighted by molar-refractivity contribution is -0.128. The highest BCUT2D eigenvalue weighted by molar-refractivity contribution is 6.67. The summed E-state index contributed by atoms with van der Waals surface area (Å²) in [5, 5.41) is 2.82. The first-order valence-electron chi connectivity index (χ1n) is 17.5. The van der Waals surface area contributed by atoms with Gasteiger partial charge in [0.2, 0.25) is 11.1 Å². The minimum Gasteiger partial charge on any atom is -0.338 e. The predicted molar refractivity (Wildman–Crippen MR) is 215 cm³/mol. The highest BCUT2D eigenvalue weighted by Gasteiger charge is 2.17. The molecule has 0 radical (unpaired) electrons. The van der Waals surface area contributed by atoms with Crippen molar-refractivity contribution in [2.45, 2.75) is 33.6 Å². The van der Waals surface area contributed by atoms with Crippen molar-refractivity contribution in [3.63, 3.8) is 0 Å². The molecule has 4 aromatic rings. The van der Waals surface area contributed by atoms with Crippen LogP contribution in [0.4, 0.5) is 0 Å². The molecule has 2 aromatic carbocycles. The van der Waals surface area contributed by atoms with Crippen LogP contribution in [0.25, 0.3) is 33.9 Å².